The van der Waals surface area contributed by atoms with Crippen LogP contribution in [0.15, 0.2) is 24.3 Å². The van der Waals surface area contributed by atoms with Crippen molar-refractivity contribution in [3.63, 3.8) is 0 Å². The smallest absolute Gasteiger partial charge is 0.0546 e. The van der Waals surface area contributed by atoms with Gasteiger partial charge in [-0.1, -0.05) is 24.3 Å². The molecule has 19 heavy (non-hydrogen) atoms. The SMILES string of the molecule is Cc1ccccc1C(C(C)N)N(C)CC1CC(O)C1. The van der Waals surface area contributed by atoms with Crippen LogP contribution in [0.25, 0.3) is 0 Å². The Morgan fingerprint density at radius 3 is 2.53 bits per heavy atom. The second kappa shape index (κ2) is 6.04. The first-order valence-electron chi connectivity index (χ1n) is 7.18. The summed E-state index contributed by atoms with van der Waals surface area (Å²) in [5.41, 5.74) is 8.83. The van der Waals surface area contributed by atoms with Crippen molar-refractivity contribution in [2.45, 2.75) is 44.9 Å². The van der Waals surface area contributed by atoms with Crippen molar-refractivity contribution < 1.29 is 5.11 Å². The van der Waals surface area contributed by atoms with Gasteiger partial charge in [0.25, 0.3) is 0 Å². The van der Waals surface area contributed by atoms with E-state index >= 15 is 0 Å². The molecule has 0 aromatic heterocycles. The molecule has 0 amide bonds. The van der Waals surface area contributed by atoms with Gasteiger partial charge in [-0.05, 0) is 50.8 Å². The summed E-state index contributed by atoms with van der Waals surface area (Å²) in [6.45, 7) is 5.23. The van der Waals surface area contributed by atoms with E-state index in [1.54, 1.807) is 0 Å². The first-order chi connectivity index (χ1) is 8.99. The van der Waals surface area contributed by atoms with Crippen LogP contribution in [0.1, 0.15) is 36.9 Å². The van der Waals surface area contributed by atoms with Crippen LogP contribution in [0, 0.1) is 12.8 Å². The number of aliphatic hydroxyl groups is 1. The predicted octanol–water partition coefficient (Wildman–Crippen LogP) is 2.09. The average molecular weight is 262 g/mol. The molecule has 2 unspecified atom stereocenters. The van der Waals surface area contributed by atoms with Crippen LogP contribution in [0.5, 0.6) is 0 Å². The van der Waals surface area contributed by atoms with Gasteiger partial charge < -0.3 is 10.8 Å². The lowest BCUT2D eigenvalue weighted by Crippen LogP contribution is -2.43. The summed E-state index contributed by atoms with van der Waals surface area (Å²) >= 11 is 0. The summed E-state index contributed by atoms with van der Waals surface area (Å²) in [5.74, 6) is 0.616. The maximum Gasteiger partial charge on any atom is 0.0546 e. The molecule has 0 bridgehead atoms. The van der Waals surface area contributed by atoms with E-state index in [4.69, 9.17) is 5.73 Å². The molecule has 1 fully saturated rings. The topological polar surface area (TPSA) is 49.5 Å². The van der Waals surface area contributed by atoms with Gasteiger partial charge in [-0.2, -0.15) is 0 Å². The quantitative estimate of drug-likeness (QED) is 0.854. The monoisotopic (exact) mass is 262 g/mol. The molecule has 1 aromatic carbocycles. The van der Waals surface area contributed by atoms with E-state index in [2.05, 4.69) is 50.1 Å². The number of aryl methyl sites for hydroxylation is 1. The fourth-order valence-electron chi connectivity index (χ4n) is 3.21. The molecule has 1 aromatic rings. The van der Waals surface area contributed by atoms with E-state index in [0.717, 1.165) is 19.4 Å². The molecule has 3 heteroatoms. The van der Waals surface area contributed by atoms with Gasteiger partial charge in [0.1, 0.15) is 0 Å². The van der Waals surface area contributed by atoms with Gasteiger partial charge in [0.2, 0.25) is 0 Å². The molecule has 1 saturated carbocycles. The molecule has 0 heterocycles. The van der Waals surface area contributed by atoms with Crippen molar-refractivity contribution in [3.05, 3.63) is 35.4 Å². The molecule has 106 valence electrons. The number of rotatable bonds is 5. The minimum absolute atomic E-state index is 0.0781. The zero-order chi connectivity index (χ0) is 14.0. The lowest BCUT2D eigenvalue weighted by Gasteiger charge is -2.39. The largest absolute Gasteiger partial charge is 0.393 e. The number of nitrogens with zero attached hydrogens (tertiary/aromatic N) is 1. The molecule has 0 radical (unpaired) electrons. The fourth-order valence-corrected chi connectivity index (χ4v) is 3.21. The summed E-state index contributed by atoms with van der Waals surface area (Å²) in [5, 5.41) is 9.40. The highest BCUT2D eigenvalue weighted by molar-refractivity contribution is 5.29. The van der Waals surface area contributed by atoms with Crippen molar-refractivity contribution in [3.8, 4) is 0 Å². The second-order valence-corrected chi connectivity index (χ2v) is 6.09. The highest BCUT2D eigenvalue weighted by atomic mass is 16.3. The lowest BCUT2D eigenvalue weighted by molar-refractivity contribution is 0.0202. The average Bonchev–Trinajstić information content (AvgIpc) is 2.29. The number of benzene rings is 1. The summed E-state index contributed by atoms with van der Waals surface area (Å²) in [4.78, 5) is 2.35. The molecule has 2 rings (SSSR count). The van der Waals surface area contributed by atoms with E-state index in [0.29, 0.717) is 5.92 Å². The van der Waals surface area contributed by atoms with E-state index < -0.39 is 0 Å². The van der Waals surface area contributed by atoms with Gasteiger partial charge in [0, 0.05) is 18.6 Å². The molecular formula is C16H26N2O. The van der Waals surface area contributed by atoms with E-state index in [1.807, 2.05) is 0 Å². The Morgan fingerprint density at radius 2 is 2.00 bits per heavy atom. The Hall–Kier alpha value is -0.900. The third-order valence-corrected chi connectivity index (χ3v) is 4.24. The maximum absolute atomic E-state index is 9.40. The van der Waals surface area contributed by atoms with Gasteiger partial charge in [-0.25, -0.2) is 0 Å². The highest BCUT2D eigenvalue weighted by Gasteiger charge is 2.31. The molecule has 1 aliphatic carbocycles. The molecule has 1 aliphatic rings. The Balaban J connectivity index is 2.09. The summed E-state index contributed by atoms with van der Waals surface area (Å²) in [7, 11) is 2.14. The molecular weight excluding hydrogens is 236 g/mol. The Kier molecular flexibility index (Phi) is 4.61. The first kappa shape index (κ1) is 14.5. The Bertz CT molecular complexity index is 413. The van der Waals surface area contributed by atoms with E-state index in [1.165, 1.54) is 11.1 Å². The molecule has 0 saturated heterocycles. The van der Waals surface area contributed by atoms with Crippen molar-refractivity contribution in [2.24, 2.45) is 11.7 Å². The van der Waals surface area contributed by atoms with E-state index in [9.17, 15) is 5.11 Å². The standard InChI is InChI=1S/C16H26N2O/c1-11-6-4-5-7-15(11)16(12(2)17)18(3)10-13-8-14(19)9-13/h4-7,12-14,16,19H,8-10,17H2,1-3H3. The number of hydrogen-bond donors (Lipinski definition) is 2. The summed E-state index contributed by atoms with van der Waals surface area (Å²) in [6.07, 6.45) is 1.79. The van der Waals surface area contributed by atoms with Crippen LogP contribution >= 0.6 is 0 Å². The molecule has 0 spiro atoms. The first-order valence-corrected chi connectivity index (χ1v) is 7.18. The summed E-state index contributed by atoms with van der Waals surface area (Å²) in [6, 6.07) is 8.81. The van der Waals surface area contributed by atoms with Gasteiger partial charge in [-0.15, -0.1) is 0 Å². The van der Waals surface area contributed by atoms with Crippen molar-refractivity contribution in [1.82, 2.24) is 4.90 Å². The molecule has 0 aliphatic heterocycles. The normalized spacial score (nSPS) is 26.0. The fraction of sp³-hybridized carbons (Fsp3) is 0.625. The van der Waals surface area contributed by atoms with Crippen molar-refractivity contribution in [1.29, 1.82) is 0 Å². The number of hydrogen-bond acceptors (Lipinski definition) is 3. The lowest BCUT2D eigenvalue weighted by atomic mass is 9.81. The number of nitrogens with two attached hydrogens (primary N) is 1. The van der Waals surface area contributed by atoms with E-state index in [-0.39, 0.29) is 18.2 Å². The third-order valence-electron chi connectivity index (χ3n) is 4.24. The van der Waals surface area contributed by atoms with Crippen LogP contribution in [-0.2, 0) is 0 Å². The van der Waals surface area contributed by atoms with Crippen LogP contribution in [0.3, 0.4) is 0 Å². The second-order valence-electron chi connectivity index (χ2n) is 6.09. The van der Waals surface area contributed by atoms with Gasteiger partial charge in [0.05, 0.1) is 6.10 Å². The van der Waals surface area contributed by atoms with Gasteiger partial charge >= 0.3 is 0 Å². The van der Waals surface area contributed by atoms with Crippen LogP contribution in [0.4, 0.5) is 0 Å². The minimum Gasteiger partial charge on any atom is -0.393 e. The van der Waals surface area contributed by atoms with Crippen molar-refractivity contribution >= 4 is 0 Å². The molecule has 3 N–H and O–H groups in total. The Morgan fingerprint density at radius 1 is 1.37 bits per heavy atom. The zero-order valence-electron chi connectivity index (χ0n) is 12.2. The van der Waals surface area contributed by atoms with Crippen LogP contribution in [-0.4, -0.2) is 35.7 Å². The molecule has 2 atom stereocenters. The molecule has 3 nitrogen and oxygen atoms in total. The predicted molar refractivity (Wildman–Crippen MR) is 78.9 cm³/mol. The zero-order valence-corrected chi connectivity index (χ0v) is 12.2. The minimum atomic E-state index is -0.0781. The van der Waals surface area contributed by atoms with Crippen LogP contribution in [0.2, 0.25) is 0 Å². The highest BCUT2D eigenvalue weighted by Crippen LogP contribution is 2.32. The van der Waals surface area contributed by atoms with Crippen molar-refractivity contribution in [2.75, 3.05) is 13.6 Å². The maximum atomic E-state index is 9.40. The Labute approximate surface area is 116 Å². The summed E-state index contributed by atoms with van der Waals surface area (Å²) < 4.78 is 0. The third kappa shape index (κ3) is 3.35. The van der Waals surface area contributed by atoms with Crippen LogP contribution < -0.4 is 5.73 Å². The number of aliphatic hydroxyl groups excluding tert-OH is 1. The number of likely N-dealkylation sites (N-methyl/N-ethyl adjacent to an activating group) is 1. The van der Waals surface area contributed by atoms with Gasteiger partial charge in [-0.3, -0.25) is 4.90 Å². The van der Waals surface area contributed by atoms with Gasteiger partial charge in [0.15, 0.2) is 0 Å².